The number of hydrogen-bond acceptors (Lipinski definition) is 3. The second-order valence-electron chi connectivity index (χ2n) is 3.38. The van der Waals surface area contributed by atoms with Crippen LogP contribution in [0.5, 0.6) is 11.5 Å². The molecule has 2 rings (SSSR count). The SMILES string of the molecule is CCOc1ccc(OC(=O)Cl)c2ccccc12. The fourth-order valence-corrected chi connectivity index (χ4v) is 1.78. The Morgan fingerprint density at radius 3 is 2.29 bits per heavy atom. The van der Waals surface area contributed by atoms with Crippen LogP contribution < -0.4 is 9.47 Å². The summed E-state index contributed by atoms with van der Waals surface area (Å²) in [6.45, 7) is 2.50. The maximum atomic E-state index is 10.8. The zero-order valence-corrected chi connectivity index (χ0v) is 10.0. The van der Waals surface area contributed by atoms with Crippen LogP contribution in [-0.2, 0) is 0 Å². The van der Waals surface area contributed by atoms with Crippen molar-refractivity contribution in [3.05, 3.63) is 36.4 Å². The van der Waals surface area contributed by atoms with Crippen molar-refractivity contribution >= 4 is 27.8 Å². The molecular weight excluding hydrogens is 240 g/mol. The van der Waals surface area contributed by atoms with Gasteiger partial charge in [0, 0.05) is 22.4 Å². The van der Waals surface area contributed by atoms with E-state index in [1.165, 1.54) is 0 Å². The van der Waals surface area contributed by atoms with Gasteiger partial charge in [-0.15, -0.1) is 0 Å². The average molecular weight is 251 g/mol. The van der Waals surface area contributed by atoms with Crippen LogP contribution in [0.25, 0.3) is 10.8 Å². The smallest absolute Gasteiger partial charge is 0.409 e. The number of rotatable bonds is 3. The highest BCUT2D eigenvalue weighted by Gasteiger charge is 2.09. The molecule has 0 radical (unpaired) electrons. The van der Waals surface area contributed by atoms with E-state index in [9.17, 15) is 4.79 Å². The molecular formula is C13H11ClO3. The summed E-state index contributed by atoms with van der Waals surface area (Å²) in [7, 11) is 0. The van der Waals surface area contributed by atoms with Gasteiger partial charge in [0.15, 0.2) is 0 Å². The summed E-state index contributed by atoms with van der Waals surface area (Å²) in [6, 6.07) is 11.0. The summed E-state index contributed by atoms with van der Waals surface area (Å²) >= 11 is 5.22. The first-order valence-electron chi connectivity index (χ1n) is 5.24. The number of carbonyl (C=O) groups excluding carboxylic acids is 1. The lowest BCUT2D eigenvalue weighted by Crippen LogP contribution is -1.98. The predicted octanol–water partition coefficient (Wildman–Crippen LogP) is 3.98. The standard InChI is InChI=1S/C13H11ClO3/c1-2-16-11-7-8-12(17-13(14)15)10-6-4-3-5-9(10)11/h3-8H,2H2,1H3. The van der Waals surface area contributed by atoms with Crippen molar-refractivity contribution in [2.75, 3.05) is 6.61 Å². The molecule has 0 saturated heterocycles. The lowest BCUT2D eigenvalue weighted by Gasteiger charge is -2.10. The summed E-state index contributed by atoms with van der Waals surface area (Å²) < 4.78 is 10.4. The molecule has 2 aromatic rings. The van der Waals surface area contributed by atoms with Gasteiger partial charge in [-0.2, -0.15) is 0 Å². The molecule has 0 saturated carbocycles. The number of ether oxygens (including phenoxy) is 2. The molecule has 0 aromatic heterocycles. The van der Waals surface area contributed by atoms with Gasteiger partial charge in [-0.05, 0) is 19.1 Å². The van der Waals surface area contributed by atoms with Gasteiger partial charge in [-0.3, -0.25) is 0 Å². The van der Waals surface area contributed by atoms with Gasteiger partial charge in [0.2, 0.25) is 0 Å². The van der Waals surface area contributed by atoms with Crippen LogP contribution in [0.15, 0.2) is 36.4 Å². The van der Waals surface area contributed by atoms with Crippen LogP contribution in [0.4, 0.5) is 4.79 Å². The van der Waals surface area contributed by atoms with Crippen molar-refractivity contribution in [2.24, 2.45) is 0 Å². The minimum absolute atomic E-state index is 0.434. The average Bonchev–Trinajstić information content (AvgIpc) is 2.32. The Kier molecular flexibility index (Phi) is 3.49. The Bertz CT molecular complexity index is 551. The van der Waals surface area contributed by atoms with Crippen LogP contribution >= 0.6 is 11.6 Å². The summed E-state index contributed by atoms with van der Waals surface area (Å²) in [5.41, 5.74) is -0.848. The highest BCUT2D eigenvalue weighted by Crippen LogP contribution is 2.33. The lowest BCUT2D eigenvalue weighted by molar-refractivity contribution is 0.226. The van der Waals surface area contributed by atoms with Crippen molar-refractivity contribution in [1.29, 1.82) is 0 Å². The van der Waals surface area contributed by atoms with E-state index in [1.54, 1.807) is 12.1 Å². The molecule has 0 amide bonds. The Balaban J connectivity index is 2.57. The van der Waals surface area contributed by atoms with E-state index in [0.29, 0.717) is 12.4 Å². The summed E-state index contributed by atoms with van der Waals surface area (Å²) in [5.74, 6) is 1.20. The van der Waals surface area contributed by atoms with Crippen LogP contribution in [0.3, 0.4) is 0 Å². The molecule has 2 aromatic carbocycles. The van der Waals surface area contributed by atoms with Gasteiger partial charge in [-0.25, -0.2) is 4.79 Å². The zero-order chi connectivity index (χ0) is 12.3. The molecule has 0 heterocycles. The van der Waals surface area contributed by atoms with E-state index in [2.05, 4.69) is 0 Å². The molecule has 0 N–H and O–H groups in total. The van der Waals surface area contributed by atoms with E-state index in [-0.39, 0.29) is 0 Å². The lowest BCUT2D eigenvalue weighted by atomic mass is 10.1. The van der Waals surface area contributed by atoms with Gasteiger partial charge < -0.3 is 9.47 Å². The van der Waals surface area contributed by atoms with Crippen molar-refractivity contribution in [1.82, 2.24) is 0 Å². The van der Waals surface area contributed by atoms with Gasteiger partial charge in [0.1, 0.15) is 11.5 Å². The molecule has 0 fully saturated rings. The van der Waals surface area contributed by atoms with Gasteiger partial charge >= 0.3 is 5.43 Å². The van der Waals surface area contributed by atoms with E-state index < -0.39 is 5.43 Å². The second kappa shape index (κ2) is 5.06. The third-order valence-corrected chi connectivity index (χ3v) is 2.41. The molecule has 3 nitrogen and oxygen atoms in total. The second-order valence-corrected chi connectivity index (χ2v) is 3.69. The maximum Gasteiger partial charge on any atom is 0.409 e. The van der Waals surface area contributed by atoms with Crippen LogP contribution in [0.1, 0.15) is 6.92 Å². The van der Waals surface area contributed by atoms with Gasteiger partial charge in [0.25, 0.3) is 0 Å². The molecule has 0 aliphatic rings. The maximum absolute atomic E-state index is 10.8. The summed E-state index contributed by atoms with van der Waals surface area (Å²) in [5, 5.41) is 1.69. The molecule has 88 valence electrons. The molecule has 17 heavy (non-hydrogen) atoms. The first-order chi connectivity index (χ1) is 8.22. The third kappa shape index (κ3) is 2.50. The largest absolute Gasteiger partial charge is 0.493 e. The number of fused-ring (bicyclic) bond motifs is 1. The van der Waals surface area contributed by atoms with Crippen molar-refractivity contribution in [3.8, 4) is 11.5 Å². The molecule has 0 unspecified atom stereocenters. The summed E-state index contributed by atoms with van der Waals surface area (Å²) in [6.07, 6.45) is 0. The molecule has 0 bridgehead atoms. The van der Waals surface area contributed by atoms with Crippen molar-refractivity contribution < 1.29 is 14.3 Å². The van der Waals surface area contributed by atoms with E-state index in [0.717, 1.165) is 16.5 Å². The Morgan fingerprint density at radius 1 is 1.12 bits per heavy atom. The number of hydrogen-bond donors (Lipinski definition) is 0. The normalized spacial score (nSPS) is 10.2. The number of halogens is 1. The molecule has 0 aliphatic heterocycles. The molecule has 0 spiro atoms. The molecule has 4 heteroatoms. The highest BCUT2D eigenvalue weighted by molar-refractivity contribution is 6.61. The predicted molar refractivity (Wildman–Crippen MR) is 67.0 cm³/mol. The van der Waals surface area contributed by atoms with Gasteiger partial charge in [0.05, 0.1) is 6.61 Å². The fraction of sp³-hybridized carbons (Fsp3) is 0.154. The number of carbonyl (C=O) groups is 1. The van der Waals surface area contributed by atoms with Crippen LogP contribution in [0.2, 0.25) is 0 Å². The molecule has 0 aliphatic carbocycles. The zero-order valence-electron chi connectivity index (χ0n) is 9.27. The first kappa shape index (κ1) is 11.7. The third-order valence-electron chi connectivity index (χ3n) is 2.33. The van der Waals surface area contributed by atoms with Crippen molar-refractivity contribution in [3.63, 3.8) is 0 Å². The van der Waals surface area contributed by atoms with Gasteiger partial charge in [-0.1, -0.05) is 24.3 Å². The minimum Gasteiger partial charge on any atom is -0.493 e. The quantitative estimate of drug-likeness (QED) is 0.773. The minimum atomic E-state index is -0.848. The van der Waals surface area contributed by atoms with Crippen LogP contribution in [-0.4, -0.2) is 12.0 Å². The molecule has 0 atom stereocenters. The highest BCUT2D eigenvalue weighted by atomic mass is 35.5. The van der Waals surface area contributed by atoms with E-state index in [4.69, 9.17) is 21.1 Å². The Labute approximate surface area is 104 Å². The Hall–Kier alpha value is -1.74. The monoisotopic (exact) mass is 250 g/mol. The topological polar surface area (TPSA) is 35.5 Å². The van der Waals surface area contributed by atoms with E-state index >= 15 is 0 Å². The summed E-state index contributed by atoms with van der Waals surface area (Å²) in [4.78, 5) is 10.8. The number of benzene rings is 2. The van der Waals surface area contributed by atoms with E-state index in [1.807, 2.05) is 31.2 Å². The first-order valence-corrected chi connectivity index (χ1v) is 5.62. The Morgan fingerprint density at radius 2 is 1.71 bits per heavy atom. The van der Waals surface area contributed by atoms with Crippen molar-refractivity contribution in [2.45, 2.75) is 6.92 Å². The van der Waals surface area contributed by atoms with Crippen LogP contribution in [0, 0.1) is 0 Å². The fourth-order valence-electron chi connectivity index (χ4n) is 1.70.